The summed E-state index contributed by atoms with van der Waals surface area (Å²) in [7, 11) is 0. The first-order chi connectivity index (χ1) is 10.5. The average Bonchev–Trinajstić information content (AvgIpc) is 2.97. The SMILES string of the molecule is Cc1ccc(Cc2cc3n(c2)C(=S)N(CC(=O)O)C3=S)cc1. The summed E-state index contributed by atoms with van der Waals surface area (Å²) in [6.45, 7) is 1.86. The van der Waals surface area contributed by atoms with Crippen molar-refractivity contribution in [3.05, 3.63) is 58.9 Å². The highest BCUT2D eigenvalue weighted by Gasteiger charge is 2.31. The Morgan fingerprint density at radius 2 is 1.86 bits per heavy atom. The molecule has 0 radical (unpaired) electrons. The summed E-state index contributed by atoms with van der Waals surface area (Å²) in [6, 6.07) is 10.4. The Morgan fingerprint density at radius 3 is 2.45 bits per heavy atom. The molecule has 0 amide bonds. The number of hydrogen-bond acceptors (Lipinski definition) is 3. The number of thiocarbonyl (C=S) groups is 2. The van der Waals surface area contributed by atoms with E-state index in [1.165, 1.54) is 16.0 Å². The van der Waals surface area contributed by atoms with E-state index in [0.29, 0.717) is 10.1 Å². The van der Waals surface area contributed by atoms with Crippen molar-refractivity contribution in [1.29, 1.82) is 0 Å². The number of carboxylic acid groups (broad SMARTS) is 1. The molecule has 0 bridgehead atoms. The third-order valence-corrected chi connectivity index (χ3v) is 4.45. The van der Waals surface area contributed by atoms with Gasteiger partial charge in [0.1, 0.15) is 11.5 Å². The van der Waals surface area contributed by atoms with Gasteiger partial charge in [-0.25, -0.2) is 0 Å². The molecule has 2 aromatic rings. The number of aliphatic carboxylic acids is 1. The zero-order valence-electron chi connectivity index (χ0n) is 11.9. The molecular formula is C16H14N2O2S2. The zero-order valence-corrected chi connectivity index (χ0v) is 13.6. The second-order valence-electron chi connectivity index (χ2n) is 5.33. The molecule has 0 unspecified atom stereocenters. The van der Waals surface area contributed by atoms with Crippen LogP contribution in [-0.2, 0) is 11.2 Å². The molecule has 6 heteroatoms. The first-order valence-electron chi connectivity index (χ1n) is 6.80. The number of benzene rings is 1. The predicted octanol–water partition coefficient (Wildman–Crippen LogP) is 2.60. The molecule has 1 aromatic carbocycles. The van der Waals surface area contributed by atoms with Crippen LogP contribution in [0.5, 0.6) is 0 Å². The number of fused-ring (bicyclic) bond motifs is 1. The van der Waals surface area contributed by atoms with E-state index in [1.54, 1.807) is 4.57 Å². The van der Waals surface area contributed by atoms with Crippen LogP contribution in [0, 0.1) is 6.92 Å². The number of aromatic nitrogens is 1. The summed E-state index contributed by atoms with van der Waals surface area (Å²) in [5.74, 6) is -0.949. The van der Waals surface area contributed by atoms with Crippen LogP contribution in [-0.4, -0.2) is 37.2 Å². The van der Waals surface area contributed by atoms with Gasteiger partial charge in [0, 0.05) is 6.20 Å². The number of rotatable bonds is 4. The van der Waals surface area contributed by atoms with Gasteiger partial charge in [-0.1, -0.05) is 42.0 Å². The summed E-state index contributed by atoms with van der Waals surface area (Å²) < 4.78 is 1.80. The lowest BCUT2D eigenvalue weighted by atomic mass is 10.1. The number of carbonyl (C=O) groups is 1. The van der Waals surface area contributed by atoms with Crippen LogP contribution in [0.25, 0.3) is 0 Å². The van der Waals surface area contributed by atoms with Crippen molar-refractivity contribution in [2.24, 2.45) is 0 Å². The van der Waals surface area contributed by atoms with Crippen LogP contribution >= 0.6 is 24.4 Å². The van der Waals surface area contributed by atoms with Gasteiger partial charge in [-0.15, -0.1) is 0 Å². The van der Waals surface area contributed by atoms with E-state index in [1.807, 2.05) is 12.3 Å². The van der Waals surface area contributed by atoms with Crippen LogP contribution in [0.3, 0.4) is 0 Å². The van der Waals surface area contributed by atoms with Crippen molar-refractivity contribution >= 4 is 40.5 Å². The van der Waals surface area contributed by atoms with E-state index in [9.17, 15) is 4.79 Å². The Balaban J connectivity index is 1.83. The molecule has 1 aromatic heterocycles. The first-order valence-corrected chi connectivity index (χ1v) is 7.62. The highest BCUT2D eigenvalue weighted by Crippen LogP contribution is 2.23. The van der Waals surface area contributed by atoms with Gasteiger partial charge in [-0.2, -0.15) is 0 Å². The van der Waals surface area contributed by atoms with Crippen molar-refractivity contribution in [3.63, 3.8) is 0 Å². The van der Waals surface area contributed by atoms with Crippen LogP contribution in [0.15, 0.2) is 36.5 Å². The summed E-state index contributed by atoms with van der Waals surface area (Å²) in [4.78, 5) is 12.8. The fourth-order valence-electron chi connectivity index (χ4n) is 2.51. The third-order valence-electron chi connectivity index (χ3n) is 3.60. The predicted molar refractivity (Wildman–Crippen MR) is 92.5 cm³/mol. The van der Waals surface area contributed by atoms with Gasteiger partial charge >= 0.3 is 5.97 Å². The molecule has 1 aliphatic rings. The Labute approximate surface area is 139 Å². The van der Waals surface area contributed by atoms with Crippen molar-refractivity contribution < 1.29 is 9.90 Å². The van der Waals surface area contributed by atoms with Crippen LogP contribution < -0.4 is 0 Å². The smallest absolute Gasteiger partial charge is 0.323 e. The summed E-state index contributed by atoms with van der Waals surface area (Å²) >= 11 is 10.7. The van der Waals surface area contributed by atoms with Gasteiger partial charge < -0.3 is 5.11 Å². The van der Waals surface area contributed by atoms with Crippen molar-refractivity contribution in [1.82, 2.24) is 9.47 Å². The van der Waals surface area contributed by atoms with E-state index in [-0.39, 0.29) is 6.54 Å². The highest BCUT2D eigenvalue weighted by molar-refractivity contribution is 7.82. The second kappa shape index (κ2) is 5.62. The van der Waals surface area contributed by atoms with Crippen molar-refractivity contribution in [3.8, 4) is 0 Å². The van der Waals surface area contributed by atoms with Gasteiger partial charge in [0.25, 0.3) is 0 Å². The number of carboxylic acids is 1. The summed E-state index contributed by atoms with van der Waals surface area (Å²) in [5.41, 5.74) is 4.35. The lowest BCUT2D eigenvalue weighted by Gasteiger charge is -2.14. The topological polar surface area (TPSA) is 45.5 Å². The van der Waals surface area contributed by atoms with E-state index < -0.39 is 5.97 Å². The summed E-state index contributed by atoms with van der Waals surface area (Å²) in [6.07, 6.45) is 2.73. The van der Waals surface area contributed by atoms with Crippen molar-refractivity contribution in [2.45, 2.75) is 13.3 Å². The minimum Gasteiger partial charge on any atom is -0.480 e. The molecule has 0 fully saturated rings. The number of nitrogens with zero attached hydrogens (tertiary/aromatic N) is 2. The van der Waals surface area contributed by atoms with Crippen LogP contribution in [0.4, 0.5) is 0 Å². The van der Waals surface area contributed by atoms with Gasteiger partial charge in [0.05, 0.1) is 5.69 Å². The normalized spacial score (nSPS) is 13.6. The molecule has 22 heavy (non-hydrogen) atoms. The van der Waals surface area contributed by atoms with E-state index in [4.69, 9.17) is 29.5 Å². The zero-order chi connectivity index (χ0) is 15.9. The molecule has 0 aliphatic carbocycles. The highest BCUT2D eigenvalue weighted by atomic mass is 32.1. The maximum Gasteiger partial charge on any atom is 0.323 e. The van der Waals surface area contributed by atoms with E-state index >= 15 is 0 Å². The van der Waals surface area contributed by atoms with Gasteiger partial charge in [0.2, 0.25) is 0 Å². The number of aryl methyl sites for hydroxylation is 1. The van der Waals surface area contributed by atoms with Gasteiger partial charge in [-0.3, -0.25) is 14.3 Å². The van der Waals surface area contributed by atoms with Crippen LogP contribution in [0.2, 0.25) is 0 Å². The lowest BCUT2D eigenvalue weighted by Crippen LogP contribution is -2.35. The third kappa shape index (κ3) is 2.67. The molecular weight excluding hydrogens is 316 g/mol. The fraction of sp³-hybridized carbons (Fsp3) is 0.188. The maximum atomic E-state index is 10.9. The van der Waals surface area contributed by atoms with Gasteiger partial charge in [-0.05, 0) is 42.8 Å². The molecule has 1 N–H and O–H groups in total. The van der Waals surface area contributed by atoms with Crippen molar-refractivity contribution in [2.75, 3.05) is 6.54 Å². The molecule has 112 valence electrons. The molecule has 0 saturated carbocycles. The standard InChI is InChI=1S/C16H14N2O2S2/c1-10-2-4-11(5-3-10)6-12-7-13-15(21)18(9-14(19)20)16(22)17(13)8-12/h2-5,7-8H,6,9H2,1H3,(H,19,20). The first kappa shape index (κ1) is 14.9. The van der Waals surface area contributed by atoms with Gasteiger partial charge in [0.15, 0.2) is 5.11 Å². The minimum atomic E-state index is -0.949. The lowest BCUT2D eigenvalue weighted by molar-refractivity contribution is -0.136. The Bertz CT molecular complexity index is 744. The molecule has 2 heterocycles. The fourth-order valence-corrected chi connectivity index (χ4v) is 3.18. The maximum absolute atomic E-state index is 10.9. The Hall–Kier alpha value is -2.05. The van der Waals surface area contributed by atoms with E-state index in [2.05, 4.69) is 31.2 Å². The Morgan fingerprint density at radius 1 is 1.18 bits per heavy atom. The molecule has 0 saturated heterocycles. The average molecular weight is 330 g/mol. The molecule has 3 rings (SSSR count). The Kier molecular flexibility index (Phi) is 3.80. The van der Waals surface area contributed by atoms with E-state index in [0.717, 1.165) is 17.7 Å². The largest absolute Gasteiger partial charge is 0.480 e. The number of hydrogen-bond donors (Lipinski definition) is 1. The van der Waals surface area contributed by atoms with Crippen LogP contribution in [0.1, 0.15) is 22.4 Å². The second-order valence-corrected chi connectivity index (χ2v) is 6.09. The molecule has 4 nitrogen and oxygen atoms in total. The minimum absolute atomic E-state index is 0.202. The summed E-state index contributed by atoms with van der Waals surface area (Å²) in [5, 5.41) is 9.36. The molecule has 0 spiro atoms. The molecule has 1 aliphatic heterocycles. The molecule has 0 atom stereocenters. The quantitative estimate of drug-likeness (QED) is 0.873. The monoisotopic (exact) mass is 330 g/mol.